The quantitative estimate of drug-likeness (QED) is 0.319. The number of carbonyl (C=O) groups is 3. The number of carbonyl (C=O) groups excluding carboxylic acids is 2. The van der Waals surface area contributed by atoms with Crippen molar-refractivity contribution in [3.8, 4) is 22.4 Å². The van der Waals surface area contributed by atoms with Crippen molar-refractivity contribution in [2.45, 2.75) is 70.3 Å². The molecule has 2 saturated carbocycles. The highest BCUT2D eigenvalue weighted by atomic mass is 32.1. The van der Waals surface area contributed by atoms with Crippen LogP contribution in [-0.2, 0) is 14.4 Å². The van der Waals surface area contributed by atoms with Crippen LogP contribution in [0.15, 0.2) is 48.0 Å². The van der Waals surface area contributed by atoms with Gasteiger partial charge in [-0.1, -0.05) is 49.9 Å². The lowest BCUT2D eigenvalue weighted by Gasteiger charge is -2.26. The van der Waals surface area contributed by atoms with Crippen LogP contribution >= 0.6 is 11.3 Å². The summed E-state index contributed by atoms with van der Waals surface area (Å²) in [6.07, 6.45) is 10.0. The van der Waals surface area contributed by atoms with Crippen LogP contribution in [0.2, 0.25) is 0 Å². The molecule has 1 aromatic carbocycles. The molecule has 6 rings (SSSR count). The Morgan fingerprint density at radius 3 is 2.48 bits per heavy atom. The molecule has 2 aromatic heterocycles. The van der Waals surface area contributed by atoms with Gasteiger partial charge in [0.1, 0.15) is 5.82 Å². The van der Waals surface area contributed by atoms with Crippen LogP contribution in [0.5, 0.6) is 0 Å². The van der Waals surface area contributed by atoms with E-state index in [1.165, 1.54) is 11.3 Å². The maximum absolute atomic E-state index is 13.8. The van der Waals surface area contributed by atoms with Gasteiger partial charge in [0.2, 0.25) is 11.8 Å². The molecule has 2 amide bonds. The predicted molar refractivity (Wildman–Crippen MR) is 155 cm³/mol. The molecule has 3 fully saturated rings. The second kappa shape index (κ2) is 11.5. The number of carboxylic acid groups (broad SMARTS) is 1. The van der Waals surface area contributed by atoms with Crippen molar-refractivity contribution in [3.05, 3.63) is 48.0 Å². The van der Waals surface area contributed by atoms with Crippen LogP contribution in [0.1, 0.15) is 64.2 Å². The maximum Gasteiger partial charge on any atom is 0.304 e. The van der Waals surface area contributed by atoms with Gasteiger partial charge in [-0.05, 0) is 49.3 Å². The minimum absolute atomic E-state index is 0.0895. The van der Waals surface area contributed by atoms with E-state index in [0.717, 1.165) is 67.3 Å². The molecule has 1 aliphatic heterocycles. The molecule has 1 saturated heterocycles. The molecular formula is C31H34N4O4S. The third-order valence-corrected chi connectivity index (χ3v) is 9.16. The van der Waals surface area contributed by atoms with Gasteiger partial charge in [-0.25, -0.2) is 9.97 Å². The minimum atomic E-state index is -0.922. The van der Waals surface area contributed by atoms with Gasteiger partial charge in [-0.2, -0.15) is 0 Å². The van der Waals surface area contributed by atoms with Crippen LogP contribution in [0.25, 0.3) is 22.4 Å². The first-order chi connectivity index (χ1) is 19.5. The first-order valence-electron chi connectivity index (χ1n) is 14.3. The van der Waals surface area contributed by atoms with E-state index in [1.807, 2.05) is 41.8 Å². The first kappa shape index (κ1) is 26.6. The summed E-state index contributed by atoms with van der Waals surface area (Å²) in [4.78, 5) is 50.7. The summed E-state index contributed by atoms with van der Waals surface area (Å²) in [5.41, 5.74) is 3.61. The number of thiazole rings is 1. The molecule has 0 radical (unpaired) electrons. The van der Waals surface area contributed by atoms with E-state index in [-0.39, 0.29) is 24.3 Å². The van der Waals surface area contributed by atoms with Gasteiger partial charge in [0, 0.05) is 47.6 Å². The van der Waals surface area contributed by atoms with E-state index in [9.17, 15) is 19.5 Å². The lowest BCUT2D eigenvalue weighted by atomic mass is 9.90. The van der Waals surface area contributed by atoms with E-state index in [1.54, 1.807) is 16.0 Å². The van der Waals surface area contributed by atoms with Gasteiger partial charge < -0.3 is 5.11 Å². The van der Waals surface area contributed by atoms with E-state index >= 15 is 0 Å². The molecule has 1 unspecified atom stereocenters. The van der Waals surface area contributed by atoms with Crippen LogP contribution in [0.3, 0.4) is 0 Å². The van der Waals surface area contributed by atoms with Crippen LogP contribution in [-0.4, -0.2) is 45.4 Å². The summed E-state index contributed by atoms with van der Waals surface area (Å²) in [6, 6.07) is 12.0. The summed E-state index contributed by atoms with van der Waals surface area (Å²) in [7, 11) is 0. The van der Waals surface area contributed by atoms with Gasteiger partial charge in [0.15, 0.2) is 5.13 Å². The summed E-state index contributed by atoms with van der Waals surface area (Å²) in [5.74, 6) is -0.326. The van der Waals surface area contributed by atoms with E-state index in [4.69, 9.17) is 4.98 Å². The number of amides is 2. The Labute approximate surface area is 238 Å². The van der Waals surface area contributed by atoms with Crippen molar-refractivity contribution in [1.82, 2.24) is 9.97 Å². The zero-order valence-electron chi connectivity index (χ0n) is 22.5. The normalized spacial score (nSPS) is 18.3. The fourth-order valence-corrected chi connectivity index (χ4v) is 7.04. The number of rotatable bonds is 10. The number of hydrogen-bond acceptors (Lipinski definition) is 6. The number of nitrogens with zero attached hydrogens (tertiary/aromatic N) is 4. The van der Waals surface area contributed by atoms with Crippen molar-refractivity contribution < 1.29 is 19.5 Å². The Morgan fingerprint density at radius 2 is 1.82 bits per heavy atom. The average Bonchev–Trinajstić information content (AvgIpc) is 3.30. The van der Waals surface area contributed by atoms with Crippen molar-refractivity contribution in [2.75, 3.05) is 16.3 Å². The summed E-state index contributed by atoms with van der Waals surface area (Å²) < 4.78 is 0. The molecule has 3 aromatic rings. The van der Waals surface area contributed by atoms with Gasteiger partial charge in [-0.3, -0.25) is 24.2 Å². The monoisotopic (exact) mass is 558 g/mol. The third kappa shape index (κ3) is 5.66. The standard InChI is InChI=1S/C31H34N4O4S/c36-28-10-5-15-34(28)27-14-11-21(18-32-27)24-8-3-4-9-25(24)26-19-40-31(33-26)35(23-12-13-23)30(39)22(17-29(37)38)16-20-6-1-2-7-20/h3-4,8-9,11,14,18-20,22-23H,1-2,5-7,10,12-13,15-17H2,(H,37,38). The maximum atomic E-state index is 13.8. The number of benzene rings is 1. The molecule has 8 nitrogen and oxygen atoms in total. The molecule has 3 heterocycles. The van der Waals surface area contributed by atoms with E-state index in [2.05, 4.69) is 4.98 Å². The van der Waals surface area contributed by atoms with Crippen LogP contribution in [0.4, 0.5) is 10.9 Å². The zero-order valence-corrected chi connectivity index (χ0v) is 23.3. The highest BCUT2D eigenvalue weighted by Crippen LogP contribution is 2.40. The lowest BCUT2D eigenvalue weighted by molar-refractivity contribution is -0.141. The first-order valence-corrected chi connectivity index (χ1v) is 15.2. The third-order valence-electron chi connectivity index (χ3n) is 8.32. The second-order valence-electron chi connectivity index (χ2n) is 11.2. The average molecular weight is 559 g/mol. The number of pyridine rings is 1. The lowest BCUT2D eigenvalue weighted by Crippen LogP contribution is -2.39. The molecule has 40 heavy (non-hydrogen) atoms. The Morgan fingerprint density at radius 1 is 1.05 bits per heavy atom. The summed E-state index contributed by atoms with van der Waals surface area (Å²) >= 11 is 1.44. The van der Waals surface area contributed by atoms with Gasteiger partial charge in [0.25, 0.3) is 0 Å². The molecule has 2 aliphatic carbocycles. The Kier molecular flexibility index (Phi) is 7.65. The zero-order chi connectivity index (χ0) is 27.6. The largest absolute Gasteiger partial charge is 0.481 e. The molecule has 0 bridgehead atoms. The molecule has 0 spiro atoms. The second-order valence-corrected chi connectivity index (χ2v) is 12.1. The fraction of sp³-hybridized carbons (Fsp3) is 0.452. The number of aliphatic carboxylic acids is 1. The SMILES string of the molecule is O=C(O)CC(CC1CCCC1)C(=O)N(c1nc(-c2ccccc2-c2ccc(N3CCCC3=O)nc2)cs1)C1CC1. The minimum Gasteiger partial charge on any atom is -0.481 e. The highest BCUT2D eigenvalue weighted by Gasteiger charge is 2.40. The molecule has 9 heteroatoms. The van der Waals surface area contributed by atoms with Crippen LogP contribution < -0.4 is 9.80 Å². The topological polar surface area (TPSA) is 104 Å². The fourth-order valence-electron chi connectivity index (χ4n) is 6.14. The van der Waals surface area contributed by atoms with Crippen LogP contribution in [0, 0.1) is 11.8 Å². The Hall–Kier alpha value is -3.59. The Balaban J connectivity index is 1.26. The summed E-state index contributed by atoms with van der Waals surface area (Å²) in [6.45, 7) is 0.702. The predicted octanol–water partition coefficient (Wildman–Crippen LogP) is 6.17. The number of carboxylic acids is 1. The van der Waals surface area contributed by atoms with Crippen molar-refractivity contribution in [3.63, 3.8) is 0 Å². The number of hydrogen-bond donors (Lipinski definition) is 1. The smallest absolute Gasteiger partial charge is 0.304 e. The van der Waals surface area contributed by atoms with Gasteiger partial charge in [0.05, 0.1) is 12.1 Å². The van der Waals surface area contributed by atoms with E-state index in [0.29, 0.717) is 36.3 Å². The van der Waals surface area contributed by atoms with E-state index < -0.39 is 11.9 Å². The Bertz CT molecular complexity index is 1390. The van der Waals surface area contributed by atoms with Crippen molar-refractivity contribution in [1.29, 1.82) is 0 Å². The van der Waals surface area contributed by atoms with Crippen molar-refractivity contribution in [2.24, 2.45) is 11.8 Å². The highest BCUT2D eigenvalue weighted by molar-refractivity contribution is 7.14. The van der Waals surface area contributed by atoms with Gasteiger partial charge >= 0.3 is 5.97 Å². The molecule has 1 atom stereocenters. The number of aromatic nitrogens is 2. The molecule has 3 aliphatic rings. The van der Waals surface area contributed by atoms with Gasteiger partial charge in [-0.15, -0.1) is 11.3 Å². The molecular weight excluding hydrogens is 524 g/mol. The molecule has 1 N–H and O–H groups in total. The number of anilines is 2. The van der Waals surface area contributed by atoms with Crippen molar-refractivity contribution >= 4 is 40.1 Å². The molecule has 208 valence electrons. The summed E-state index contributed by atoms with van der Waals surface area (Å²) in [5, 5.41) is 12.2.